The smallest absolute Gasteiger partial charge is 0.138 e. The molecule has 0 fully saturated rings. The summed E-state index contributed by atoms with van der Waals surface area (Å²) in [6.45, 7) is 8.42. The summed E-state index contributed by atoms with van der Waals surface area (Å²) in [6, 6.07) is 9.93. The number of hydrogen-bond acceptors (Lipinski definition) is 3. The van der Waals surface area contributed by atoms with Gasteiger partial charge in [0.25, 0.3) is 0 Å². The van der Waals surface area contributed by atoms with E-state index in [9.17, 15) is 9.90 Å². The highest BCUT2D eigenvalue weighted by Crippen LogP contribution is 2.28. The molecular weight excluding hydrogens is 252 g/mol. The van der Waals surface area contributed by atoms with Crippen molar-refractivity contribution in [3.05, 3.63) is 35.9 Å². The first-order chi connectivity index (χ1) is 9.38. The predicted molar refractivity (Wildman–Crippen MR) is 80.3 cm³/mol. The standard InChI is InChI=1S/C17H26O3/c1-5-15(18)13(2)16(19)17(3,4)12-20-11-14-9-7-6-8-10-14/h6-10,13,16,19H,5,11-12H2,1-4H3/t13-,16+/m0/s1. The largest absolute Gasteiger partial charge is 0.392 e. The molecule has 0 bridgehead atoms. The van der Waals surface area contributed by atoms with E-state index in [4.69, 9.17) is 4.74 Å². The second-order valence-corrected chi connectivity index (χ2v) is 6.02. The first-order valence-corrected chi connectivity index (χ1v) is 7.21. The molecule has 1 aromatic rings. The lowest BCUT2D eigenvalue weighted by molar-refractivity contribution is -0.130. The van der Waals surface area contributed by atoms with Crippen LogP contribution in [0.3, 0.4) is 0 Å². The van der Waals surface area contributed by atoms with E-state index in [1.54, 1.807) is 6.92 Å². The average molecular weight is 278 g/mol. The number of Topliss-reactive ketones (excluding diaryl/α,β-unsaturated/α-hetero) is 1. The first-order valence-electron chi connectivity index (χ1n) is 7.21. The molecule has 0 radical (unpaired) electrons. The molecule has 0 spiro atoms. The van der Waals surface area contributed by atoms with Crippen LogP contribution < -0.4 is 0 Å². The molecule has 0 saturated carbocycles. The van der Waals surface area contributed by atoms with Crippen LogP contribution in [0.5, 0.6) is 0 Å². The van der Waals surface area contributed by atoms with Gasteiger partial charge in [-0.25, -0.2) is 0 Å². The number of ether oxygens (including phenoxy) is 1. The zero-order valence-electron chi connectivity index (χ0n) is 12.9. The highest BCUT2D eigenvalue weighted by molar-refractivity contribution is 5.80. The van der Waals surface area contributed by atoms with E-state index in [2.05, 4.69) is 0 Å². The maximum Gasteiger partial charge on any atom is 0.138 e. The lowest BCUT2D eigenvalue weighted by Gasteiger charge is -2.33. The van der Waals surface area contributed by atoms with Crippen molar-refractivity contribution in [2.24, 2.45) is 11.3 Å². The minimum atomic E-state index is -0.689. The van der Waals surface area contributed by atoms with Gasteiger partial charge < -0.3 is 9.84 Å². The molecule has 2 atom stereocenters. The van der Waals surface area contributed by atoms with Gasteiger partial charge in [0.15, 0.2) is 0 Å². The quantitative estimate of drug-likeness (QED) is 0.794. The van der Waals surface area contributed by atoms with E-state index >= 15 is 0 Å². The number of aliphatic hydroxyl groups excluding tert-OH is 1. The van der Waals surface area contributed by atoms with E-state index in [1.165, 1.54) is 0 Å². The number of carbonyl (C=O) groups is 1. The van der Waals surface area contributed by atoms with Crippen LogP contribution in [0, 0.1) is 11.3 Å². The van der Waals surface area contributed by atoms with Crippen LogP contribution in [-0.4, -0.2) is 23.6 Å². The minimum Gasteiger partial charge on any atom is -0.392 e. The molecule has 1 rings (SSSR count). The van der Waals surface area contributed by atoms with Crippen molar-refractivity contribution in [3.63, 3.8) is 0 Å². The van der Waals surface area contributed by atoms with Gasteiger partial charge >= 0.3 is 0 Å². The van der Waals surface area contributed by atoms with Gasteiger partial charge in [-0.1, -0.05) is 58.0 Å². The molecule has 0 saturated heterocycles. The third-order valence-electron chi connectivity index (χ3n) is 3.72. The van der Waals surface area contributed by atoms with Crippen LogP contribution in [0.25, 0.3) is 0 Å². The monoisotopic (exact) mass is 278 g/mol. The van der Waals surface area contributed by atoms with Crippen molar-refractivity contribution < 1.29 is 14.6 Å². The molecule has 0 aliphatic carbocycles. The Morgan fingerprint density at radius 3 is 2.45 bits per heavy atom. The third-order valence-corrected chi connectivity index (χ3v) is 3.72. The lowest BCUT2D eigenvalue weighted by Crippen LogP contribution is -2.41. The average Bonchev–Trinajstić information content (AvgIpc) is 2.45. The Kier molecular flexibility index (Phi) is 6.37. The fraction of sp³-hybridized carbons (Fsp3) is 0.588. The molecule has 20 heavy (non-hydrogen) atoms. The van der Waals surface area contributed by atoms with Crippen molar-refractivity contribution in [1.82, 2.24) is 0 Å². The molecule has 0 aromatic heterocycles. The Morgan fingerprint density at radius 2 is 1.90 bits per heavy atom. The molecule has 1 aromatic carbocycles. The summed E-state index contributed by atoms with van der Waals surface area (Å²) in [6.07, 6.45) is -0.232. The van der Waals surface area contributed by atoms with Gasteiger partial charge in [0.1, 0.15) is 5.78 Å². The molecule has 0 unspecified atom stereocenters. The van der Waals surface area contributed by atoms with Gasteiger partial charge in [-0.05, 0) is 5.56 Å². The van der Waals surface area contributed by atoms with Crippen LogP contribution in [0.4, 0.5) is 0 Å². The molecule has 3 nitrogen and oxygen atoms in total. The summed E-state index contributed by atoms with van der Waals surface area (Å²) in [4.78, 5) is 11.7. The highest BCUT2D eigenvalue weighted by Gasteiger charge is 2.34. The van der Waals surface area contributed by atoms with Gasteiger partial charge in [-0.3, -0.25) is 4.79 Å². The maximum absolute atomic E-state index is 11.7. The molecule has 112 valence electrons. The van der Waals surface area contributed by atoms with Crippen LogP contribution in [0.2, 0.25) is 0 Å². The van der Waals surface area contributed by atoms with E-state index in [0.717, 1.165) is 5.56 Å². The van der Waals surface area contributed by atoms with Gasteiger partial charge in [0, 0.05) is 17.8 Å². The van der Waals surface area contributed by atoms with Crippen molar-refractivity contribution in [3.8, 4) is 0 Å². The Bertz CT molecular complexity index is 412. The third kappa shape index (κ3) is 4.73. The first kappa shape index (κ1) is 16.9. The Hall–Kier alpha value is -1.19. The summed E-state index contributed by atoms with van der Waals surface area (Å²) in [5.74, 6) is -0.260. The molecule has 0 heterocycles. The summed E-state index contributed by atoms with van der Waals surface area (Å²) in [5.41, 5.74) is 0.662. The second kappa shape index (κ2) is 7.55. The fourth-order valence-corrected chi connectivity index (χ4v) is 2.27. The number of carbonyl (C=O) groups excluding carboxylic acids is 1. The Balaban J connectivity index is 2.50. The summed E-state index contributed by atoms with van der Waals surface area (Å²) >= 11 is 0. The number of ketones is 1. The van der Waals surface area contributed by atoms with E-state index < -0.39 is 11.5 Å². The molecular formula is C17H26O3. The fourth-order valence-electron chi connectivity index (χ4n) is 2.27. The van der Waals surface area contributed by atoms with E-state index in [0.29, 0.717) is 19.6 Å². The van der Waals surface area contributed by atoms with Crippen molar-refractivity contribution in [2.75, 3.05) is 6.61 Å². The number of benzene rings is 1. The number of rotatable bonds is 8. The summed E-state index contributed by atoms with van der Waals surface area (Å²) < 4.78 is 5.70. The zero-order chi connectivity index (χ0) is 15.2. The molecule has 3 heteroatoms. The van der Waals surface area contributed by atoms with Crippen molar-refractivity contribution in [1.29, 1.82) is 0 Å². The predicted octanol–water partition coefficient (Wildman–Crippen LogP) is 3.21. The lowest BCUT2D eigenvalue weighted by atomic mass is 9.79. The number of hydrogen-bond donors (Lipinski definition) is 1. The SMILES string of the molecule is CCC(=O)[C@H](C)[C@@H](O)C(C)(C)COCc1ccccc1. The molecule has 0 amide bonds. The van der Waals surface area contributed by atoms with Gasteiger partial charge in [-0.15, -0.1) is 0 Å². The van der Waals surface area contributed by atoms with Crippen molar-refractivity contribution in [2.45, 2.75) is 46.8 Å². The van der Waals surface area contributed by atoms with Crippen LogP contribution in [0.1, 0.15) is 39.7 Å². The highest BCUT2D eigenvalue weighted by atomic mass is 16.5. The minimum absolute atomic E-state index is 0.0913. The molecule has 0 aliphatic rings. The maximum atomic E-state index is 11.7. The topological polar surface area (TPSA) is 46.5 Å². The second-order valence-electron chi connectivity index (χ2n) is 6.02. The Morgan fingerprint density at radius 1 is 1.30 bits per heavy atom. The van der Waals surface area contributed by atoms with E-state index in [1.807, 2.05) is 51.1 Å². The molecule has 1 N–H and O–H groups in total. The van der Waals surface area contributed by atoms with Gasteiger partial charge in [0.2, 0.25) is 0 Å². The van der Waals surface area contributed by atoms with Crippen LogP contribution in [-0.2, 0) is 16.1 Å². The summed E-state index contributed by atoms with van der Waals surface area (Å²) in [7, 11) is 0. The van der Waals surface area contributed by atoms with Crippen LogP contribution in [0.15, 0.2) is 30.3 Å². The van der Waals surface area contributed by atoms with Crippen LogP contribution >= 0.6 is 0 Å². The summed E-state index contributed by atoms with van der Waals surface area (Å²) in [5, 5.41) is 10.3. The molecule has 0 aliphatic heterocycles. The normalized spacial score (nSPS) is 14.8. The number of aliphatic hydroxyl groups is 1. The van der Waals surface area contributed by atoms with Crippen molar-refractivity contribution >= 4 is 5.78 Å². The van der Waals surface area contributed by atoms with Gasteiger partial charge in [-0.2, -0.15) is 0 Å². The van der Waals surface area contributed by atoms with Gasteiger partial charge in [0.05, 0.1) is 19.3 Å². The Labute approximate surface area is 122 Å². The zero-order valence-corrected chi connectivity index (χ0v) is 12.9. The van der Waals surface area contributed by atoms with E-state index in [-0.39, 0.29) is 11.7 Å².